The number of hydrogen-bond acceptors (Lipinski definition) is 4. The van der Waals surface area contributed by atoms with Crippen molar-refractivity contribution in [1.29, 1.82) is 0 Å². The Hall–Kier alpha value is -2.17. The van der Waals surface area contributed by atoms with Crippen LogP contribution in [0.2, 0.25) is 10.2 Å². The van der Waals surface area contributed by atoms with E-state index in [0.29, 0.717) is 10.8 Å². The average Bonchev–Trinajstić information content (AvgIpc) is 2.49. The quantitative estimate of drug-likeness (QED) is 0.576. The molecule has 0 unspecified atom stereocenters. The highest BCUT2D eigenvalue weighted by Gasteiger charge is 2.05. The van der Waals surface area contributed by atoms with E-state index in [2.05, 4.69) is 20.5 Å². The molecule has 1 heterocycles. The minimum Gasteiger partial charge on any atom is -0.259 e. The van der Waals surface area contributed by atoms with Crippen LogP contribution >= 0.6 is 23.2 Å². The molecule has 104 valence electrons. The Morgan fingerprint density at radius 3 is 2.33 bits per heavy atom. The Labute approximate surface area is 131 Å². The second-order valence-electron chi connectivity index (χ2n) is 4.24. The Balaban J connectivity index is 1.85. The summed E-state index contributed by atoms with van der Waals surface area (Å²) >= 11 is 12.1. The predicted molar refractivity (Wildman–Crippen MR) is 87.2 cm³/mol. The van der Waals surface area contributed by atoms with Crippen molar-refractivity contribution in [2.75, 3.05) is 5.43 Å². The normalized spacial score (nSPS) is 11.1. The minimum absolute atomic E-state index is 0.269. The molecule has 0 atom stereocenters. The van der Waals surface area contributed by atoms with Gasteiger partial charge in [0.15, 0.2) is 11.0 Å². The first-order valence-electron chi connectivity index (χ1n) is 6.20. The van der Waals surface area contributed by atoms with Crippen molar-refractivity contribution in [2.24, 2.45) is 5.10 Å². The highest BCUT2D eigenvalue weighted by atomic mass is 35.5. The zero-order valence-corrected chi connectivity index (χ0v) is 12.3. The van der Waals surface area contributed by atoms with Crippen molar-refractivity contribution in [3.63, 3.8) is 0 Å². The summed E-state index contributed by atoms with van der Waals surface area (Å²) in [6.45, 7) is 0. The fourth-order valence-electron chi connectivity index (χ4n) is 1.79. The summed E-state index contributed by atoms with van der Waals surface area (Å²) in [7, 11) is 0. The van der Waals surface area contributed by atoms with Gasteiger partial charge in [-0.2, -0.15) is 5.10 Å². The van der Waals surface area contributed by atoms with Crippen LogP contribution in [0.1, 0.15) is 5.56 Å². The number of halogens is 2. The van der Waals surface area contributed by atoms with E-state index >= 15 is 0 Å². The lowest BCUT2D eigenvalue weighted by Crippen LogP contribution is -1.97. The van der Waals surface area contributed by atoms with Crippen molar-refractivity contribution >= 4 is 46.3 Å². The Kier molecular flexibility index (Phi) is 3.99. The maximum Gasteiger partial charge on any atom is 0.185 e. The van der Waals surface area contributed by atoms with Crippen molar-refractivity contribution in [3.05, 3.63) is 64.3 Å². The summed E-state index contributed by atoms with van der Waals surface area (Å²) < 4.78 is 0. The third kappa shape index (κ3) is 3.12. The Morgan fingerprint density at radius 1 is 0.905 bits per heavy atom. The van der Waals surface area contributed by atoms with Crippen molar-refractivity contribution in [3.8, 4) is 0 Å². The third-order valence-electron chi connectivity index (χ3n) is 2.81. The first-order valence-corrected chi connectivity index (χ1v) is 6.95. The third-order valence-corrected chi connectivity index (χ3v) is 3.42. The fourth-order valence-corrected chi connectivity index (χ4v) is 2.15. The van der Waals surface area contributed by atoms with Crippen LogP contribution in [0.4, 0.5) is 5.82 Å². The molecular formula is C15H10Cl2N4. The summed E-state index contributed by atoms with van der Waals surface area (Å²) in [5, 5.41) is 4.99. The predicted octanol–water partition coefficient (Wildman–Crippen LogP) is 4.38. The topological polar surface area (TPSA) is 50.2 Å². The Morgan fingerprint density at radius 2 is 1.57 bits per heavy atom. The van der Waals surface area contributed by atoms with Crippen molar-refractivity contribution < 1.29 is 0 Å². The monoisotopic (exact) mass is 316 g/mol. The highest BCUT2D eigenvalue weighted by molar-refractivity contribution is 6.33. The molecule has 0 bridgehead atoms. The lowest BCUT2D eigenvalue weighted by molar-refractivity contribution is 1.22. The first kappa shape index (κ1) is 13.8. The molecule has 0 amide bonds. The summed E-state index contributed by atoms with van der Waals surface area (Å²) in [5.41, 5.74) is 5.07. The van der Waals surface area contributed by atoms with Gasteiger partial charge in [0.05, 0.1) is 17.2 Å². The van der Waals surface area contributed by atoms with Gasteiger partial charge in [-0.1, -0.05) is 53.5 Å². The standard InChI is InChI=1S/C15H10Cl2N4/c16-11-6-2-1-5-10(11)9-18-21-15-14(17)19-12-7-3-4-8-13(12)20-15/h1-9H,(H,20,21)/b18-9-. The summed E-state index contributed by atoms with van der Waals surface area (Å²) in [6, 6.07) is 14.9. The van der Waals surface area contributed by atoms with Gasteiger partial charge >= 0.3 is 0 Å². The first-order chi connectivity index (χ1) is 10.2. The summed E-state index contributed by atoms with van der Waals surface area (Å²) in [6.07, 6.45) is 1.61. The van der Waals surface area contributed by atoms with Gasteiger partial charge < -0.3 is 0 Å². The van der Waals surface area contributed by atoms with E-state index in [1.807, 2.05) is 42.5 Å². The number of benzene rings is 2. The molecule has 2 aromatic carbocycles. The molecule has 0 radical (unpaired) electrons. The zero-order valence-electron chi connectivity index (χ0n) is 10.8. The van der Waals surface area contributed by atoms with E-state index in [9.17, 15) is 0 Å². The average molecular weight is 317 g/mol. The molecule has 3 rings (SSSR count). The van der Waals surface area contributed by atoms with Gasteiger partial charge in [-0.05, 0) is 18.2 Å². The number of para-hydroxylation sites is 2. The summed E-state index contributed by atoms with van der Waals surface area (Å²) in [5.74, 6) is 0.402. The van der Waals surface area contributed by atoms with E-state index in [4.69, 9.17) is 23.2 Å². The van der Waals surface area contributed by atoms with Gasteiger partial charge in [-0.15, -0.1) is 0 Å². The largest absolute Gasteiger partial charge is 0.259 e. The molecule has 3 aromatic rings. The number of hydrogen-bond donors (Lipinski definition) is 1. The molecule has 0 saturated heterocycles. The lowest BCUT2D eigenvalue weighted by Gasteiger charge is -2.04. The minimum atomic E-state index is 0.269. The molecule has 1 N–H and O–H groups in total. The number of hydrazone groups is 1. The van der Waals surface area contributed by atoms with Crippen LogP contribution in [0.15, 0.2) is 53.6 Å². The molecule has 1 aromatic heterocycles. The molecule has 0 aliphatic carbocycles. The van der Waals surface area contributed by atoms with Crippen molar-refractivity contribution in [2.45, 2.75) is 0 Å². The molecule has 0 aliphatic heterocycles. The molecule has 21 heavy (non-hydrogen) atoms. The van der Waals surface area contributed by atoms with Crippen LogP contribution in [0.5, 0.6) is 0 Å². The highest BCUT2D eigenvalue weighted by Crippen LogP contribution is 2.21. The summed E-state index contributed by atoms with van der Waals surface area (Å²) in [4.78, 5) is 8.64. The van der Waals surface area contributed by atoms with Gasteiger partial charge in [0.2, 0.25) is 0 Å². The van der Waals surface area contributed by atoms with E-state index < -0.39 is 0 Å². The van der Waals surface area contributed by atoms with Gasteiger partial charge in [0.1, 0.15) is 0 Å². The number of nitrogens with one attached hydrogen (secondary N) is 1. The zero-order chi connectivity index (χ0) is 14.7. The van der Waals surface area contributed by atoms with Crippen LogP contribution in [0.3, 0.4) is 0 Å². The second-order valence-corrected chi connectivity index (χ2v) is 5.01. The van der Waals surface area contributed by atoms with Gasteiger partial charge in [0.25, 0.3) is 0 Å². The van der Waals surface area contributed by atoms with E-state index in [0.717, 1.165) is 16.6 Å². The molecule has 0 spiro atoms. The number of anilines is 1. The van der Waals surface area contributed by atoms with Crippen LogP contribution < -0.4 is 5.43 Å². The maximum atomic E-state index is 6.08. The molecule has 4 nitrogen and oxygen atoms in total. The van der Waals surface area contributed by atoms with E-state index in [-0.39, 0.29) is 5.15 Å². The van der Waals surface area contributed by atoms with Crippen LogP contribution in [-0.4, -0.2) is 16.2 Å². The van der Waals surface area contributed by atoms with Crippen LogP contribution in [-0.2, 0) is 0 Å². The Bertz CT molecular complexity index is 818. The van der Waals surface area contributed by atoms with Gasteiger partial charge in [-0.25, -0.2) is 9.97 Å². The lowest BCUT2D eigenvalue weighted by atomic mass is 10.2. The van der Waals surface area contributed by atoms with Gasteiger partial charge in [-0.3, -0.25) is 5.43 Å². The van der Waals surface area contributed by atoms with E-state index in [1.54, 1.807) is 12.3 Å². The molecule has 0 aliphatic rings. The van der Waals surface area contributed by atoms with Crippen molar-refractivity contribution in [1.82, 2.24) is 9.97 Å². The number of fused-ring (bicyclic) bond motifs is 1. The van der Waals surface area contributed by atoms with E-state index in [1.165, 1.54) is 0 Å². The van der Waals surface area contributed by atoms with Crippen LogP contribution in [0.25, 0.3) is 11.0 Å². The molecule has 6 heteroatoms. The van der Waals surface area contributed by atoms with Gasteiger partial charge in [0, 0.05) is 10.6 Å². The molecule has 0 saturated carbocycles. The van der Waals surface area contributed by atoms with Crippen LogP contribution in [0, 0.1) is 0 Å². The molecule has 0 fully saturated rings. The fraction of sp³-hybridized carbons (Fsp3) is 0. The number of rotatable bonds is 3. The number of aromatic nitrogens is 2. The number of nitrogens with zero attached hydrogens (tertiary/aromatic N) is 3. The smallest absolute Gasteiger partial charge is 0.185 e. The second kappa shape index (κ2) is 6.08. The molecular weight excluding hydrogens is 307 g/mol. The maximum absolute atomic E-state index is 6.08. The SMILES string of the molecule is Clc1ccccc1/C=N\Nc1nc2ccccc2nc1Cl.